The molecule has 1 aromatic rings. The molecule has 0 saturated carbocycles. The Morgan fingerprint density at radius 3 is 3.00 bits per heavy atom. The van der Waals surface area contributed by atoms with Crippen molar-refractivity contribution in [2.24, 2.45) is 0 Å². The van der Waals surface area contributed by atoms with Crippen LogP contribution in [0.1, 0.15) is 18.9 Å². The Bertz CT molecular complexity index is 477. The summed E-state index contributed by atoms with van der Waals surface area (Å²) < 4.78 is 4.79. The van der Waals surface area contributed by atoms with Crippen LogP contribution in [0.15, 0.2) is 18.2 Å². The number of amides is 1. The van der Waals surface area contributed by atoms with E-state index in [0.717, 1.165) is 0 Å². The first-order chi connectivity index (χ1) is 8.67. The topological polar surface area (TPSA) is 58.6 Å². The van der Waals surface area contributed by atoms with Crippen molar-refractivity contribution < 1.29 is 14.6 Å². The van der Waals surface area contributed by atoms with Gasteiger partial charge in [0, 0.05) is 17.0 Å². The SMILES string of the molecule is CCOC(=O)Nc1ccc(Cl)cc1C#CCCO. The van der Waals surface area contributed by atoms with Crippen LogP contribution in [0.2, 0.25) is 5.02 Å². The lowest BCUT2D eigenvalue weighted by molar-refractivity contribution is 0.168. The Kier molecular flexibility index (Phi) is 6.06. The highest BCUT2D eigenvalue weighted by Crippen LogP contribution is 2.20. The molecule has 0 aromatic heterocycles. The zero-order chi connectivity index (χ0) is 13.4. The molecule has 0 saturated heterocycles. The molecule has 0 bridgehead atoms. The van der Waals surface area contributed by atoms with Crippen molar-refractivity contribution in [3.8, 4) is 11.8 Å². The molecule has 18 heavy (non-hydrogen) atoms. The lowest BCUT2D eigenvalue weighted by atomic mass is 10.2. The second kappa shape index (κ2) is 7.59. The Morgan fingerprint density at radius 1 is 1.56 bits per heavy atom. The van der Waals surface area contributed by atoms with Gasteiger partial charge in [-0.2, -0.15) is 0 Å². The van der Waals surface area contributed by atoms with Crippen molar-refractivity contribution in [1.82, 2.24) is 0 Å². The summed E-state index contributed by atoms with van der Waals surface area (Å²) in [6.45, 7) is 2.02. The number of hydrogen-bond acceptors (Lipinski definition) is 3. The minimum atomic E-state index is -0.537. The second-order valence-electron chi connectivity index (χ2n) is 3.31. The lowest BCUT2D eigenvalue weighted by Crippen LogP contribution is -2.14. The average Bonchev–Trinajstić information content (AvgIpc) is 2.33. The number of ether oxygens (including phenoxy) is 1. The Hall–Kier alpha value is -1.70. The number of aliphatic hydroxyl groups excluding tert-OH is 1. The summed E-state index contributed by atoms with van der Waals surface area (Å²) in [5, 5.41) is 11.8. The van der Waals surface area contributed by atoms with E-state index in [1.807, 2.05) is 0 Å². The minimum absolute atomic E-state index is 0.00575. The van der Waals surface area contributed by atoms with Crippen LogP contribution in [0.25, 0.3) is 0 Å². The van der Waals surface area contributed by atoms with Gasteiger partial charge < -0.3 is 9.84 Å². The molecular weight excluding hydrogens is 254 g/mol. The fraction of sp³-hybridized carbons (Fsp3) is 0.308. The average molecular weight is 268 g/mol. The minimum Gasteiger partial charge on any atom is -0.450 e. The molecule has 0 fully saturated rings. The highest BCUT2D eigenvalue weighted by Gasteiger charge is 2.06. The first kappa shape index (κ1) is 14.4. The maximum atomic E-state index is 11.3. The van der Waals surface area contributed by atoms with E-state index in [1.54, 1.807) is 25.1 Å². The zero-order valence-electron chi connectivity index (χ0n) is 10.00. The second-order valence-corrected chi connectivity index (χ2v) is 3.75. The van der Waals surface area contributed by atoms with Gasteiger partial charge in [-0.05, 0) is 25.1 Å². The largest absolute Gasteiger partial charge is 0.450 e. The van der Waals surface area contributed by atoms with Crippen LogP contribution in [-0.2, 0) is 4.74 Å². The van der Waals surface area contributed by atoms with Crippen LogP contribution in [0, 0.1) is 11.8 Å². The molecule has 96 valence electrons. The Labute approximate surface area is 111 Å². The third-order valence-electron chi connectivity index (χ3n) is 1.95. The lowest BCUT2D eigenvalue weighted by Gasteiger charge is -2.07. The third kappa shape index (κ3) is 4.66. The van der Waals surface area contributed by atoms with E-state index < -0.39 is 6.09 Å². The summed E-state index contributed by atoms with van der Waals surface area (Å²) >= 11 is 5.87. The molecule has 0 aliphatic rings. The van der Waals surface area contributed by atoms with Crippen molar-refractivity contribution in [1.29, 1.82) is 0 Å². The molecule has 1 amide bonds. The molecule has 4 nitrogen and oxygen atoms in total. The predicted molar refractivity (Wildman–Crippen MR) is 70.7 cm³/mol. The van der Waals surface area contributed by atoms with Gasteiger partial charge in [0.15, 0.2) is 0 Å². The number of hydrogen-bond donors (Lipinski definition) is 2. The molecule has 5 heteroatoms. The molecule has 0 heterocycles. The normalized spacial score (nSPS) is 9.28. The summed E-state index contributed by atoms with van der Waals surface area (Å²) in [4.78, 5) is 11.3. The molecule has 0 unspecified atom stereocenters. The van der Waals surface area contributed by atoms with Crippen LogP contribution >= 0.6 is 11.6 Å². The van der Waals surface area contributed by atoms with E-state index in [1.165, 1.54) is 0 Å². The smallest absolute Gasteiger partial charge is 0.411 e. The number of aliphatic hydroxyl groups is 1. The van der Waals surface area contributed by atoms with Gasteiger partial charge in [0.1, 0.15) is 0 Å². The molecule has 2 N–H and O–H groups in total. The van der Waals surface area contributed by atoms with E-state index >= 15 is 0 Å². The Balaban J connectivity index is 2.90. The maximum Gasteiger partial charge on any atom is 0.411 e. The summed E-state index contributed by atoms with van der Waals surface area (Å²) in [5.41, 5.74) is 1.12. The highest BCUT2D eigenvalue weighted by atomic mass is 35.5. The van der Waals surface area contributed by atoms with E-state index in [-0.39, 0.29) is 6.61 Å². The van der Waals surface area contributed by atoms with Gasteiger partial charge in [0.05, 0.1) is 18.9 Å². The molecule has 1 aromatic carbocycles. The summed E-state index contributed by atoms with van der Waals surface area (Å²) in [6, 6.07) is 4.95. The Morgan fingerprint density at radius 2 is 2.33 bits per heavy atom. The fourth-order valence-corrected chi connectivity index (χ4v) is 1.39. The number of anilines is 1. The van der Waals surface area contributed by atoms with Crippen LogP contribution in [0.4, 0.5) is 10.5 Å². The van der Waals surface area contributed by atoms with E-state index in [0.29, 0.717) is 29.3 Å². The number of carbonyl (C=O) groups is 1. The van der Waals surface area contributed by atoms with Gasteiger partial charge in [0.2, 0.25) is 0 Å². The van der Waals surface area contributed by atoms with Gasteiger partial charge in [-0.1, -0.05) is 23.4 Å². The number of rotatable bonds is 3. The molecular formula is C13H14ClNO3. The highest BCUT2D eigenvalue weighted by molar-refractivity contribution is 6.30. The maximum absolute atomic E-state index is 11.3. The van der Waals surface area contributed by atoms with Crippen molar-refractivity contribution in [2.45, 2.75) is 13.3 Å². The molecule has 0 atom stereocenters. The van der Waals surface area contributed by atoms with E-state index in [4.69, 9.17) is 21.4 Å². The predicted octanol–water partition coefficient (Wildman–Crippen LogP) is 2.64. The van der Waals surface area contributed by atoms with Crippen LogP contribution < -0.4 is 5.32 Å². The van der Waals surface area contributed by atoms with Crippen LogP contribution in [0.3, 0.4) is 0 Å². The molecule has 0 spiro atoms. The van der Waals surface area contributed by atoms with Gasteiger partial charge in [-0.25, -0.2) is 4.79 Å². The number of benzene rings is 1. The summed E-state index contributed by atoms with van der Waals surface area (Å²) in [5.74, 6) is 5.61. The fourth-order valence-electron chi connectivity index (χ4n) is 1.22. The number of nitrogens with one attached hydrogen (secondary N) is 1. The summed E-state index contributed by atoms with van der Waals surface area (Å²) in [6.07, 6.45) is -0.171. The van der Waals surface area contributed by atoms with Crippen molar-refractivity contribution >= 4 is 23.4 Å². The van der Waals surface area contributed by atoms with Crippen molar-refractivity contribution in [2.75, 3.05) is 18.5 Å². The van der Waals surface area contributed by atoms with Gasteiger partial charge in [-0.15, -0.1) is 0 Å². The van der Waals surface area contributed by atoms with Crippen LogP contribution in [0.5, 0.6) is 0 Å². The molecule has 0 aliphatic heterocycles. The van der Waals surface area contributed by atoms with E-state index in [2.05, 4.69) is 17.2 Å². The first-order valence-corrected chi connectivity index (χ1v) is 5.88. The van der Waals surface area contributed by atoms with Gasteiger partial charge in [0.25, 0.3) is 0 Å². The number of halogens is 1. The zero-order valence-corrected chi connectivity index (χ0v) is 10.8. The third-order valence-corrected chi connectivity index (χ3v) is 2.19. The van der Waals surface area contributed by atoms with E-state index in [9.17, 15) is 4.79 Å². The quantitative estimate of drug-likeness (QED) is 0.828. The van der Waals surface area contributed by atoms with Gasteiger partial charge >= 0.3 is 6.09 Å². The molecule has 0 radical (unpaired) electrons. The van der Waals surface area contributed by atoms with Crippen molar-refractivity contribution in [3.05, 3.63) is 28.8 Å². The van der Waals surface area contributed by atoms with Crippen LogP contribution in [-0.4, -0.2) is 24.4 Å². The standard InChI is InChI=1S/C13H14ClNO3/c1-2-18-13(17)15-12-7-6-11(14)9-10(12)5-3-4-8-16/h6-7,9,16H,2,4,8H2,1H3,(H,15,17). The summed E-state index contributed by atoms with van der Waals surface area (Å²) in [7, 11) is 0. The number of carbonyl (C=O) groups excluding carboxylic acids is 1. The van der Waals surface area contributed by atoms with Crippen molar-refractivity contribution in [3.63, 3.8) is 0 Å². The monoisotopic (exact) mass is 267 g/mol. The molecule has 0 aliphatic carbocycles. The van der Waals surface area contributed by atoms with Gasteiger partial charge in [-0.3, -0.25) is 5.32 Å². The molecule has 1 rings (SSSR count). The first-order valence-electron chi connectivity index (χ1n) is 5.50.